The highest BCUT2D eigenvalue weighted by Crippen LogP contribution is 2.32. The fourth-order valence-electron chi connectivity index (χ4n) is 3.20. The number of benzene rings is 2. The van der Waals surface area contributed by atoms with Crippen molar-refractivity contribution in [1.29, 1.82) is 0 Å². The third-order valence-corrected chi connectivity index (χ3v) is 4.46. The first-order valence-electron chi connectivity index (χ1n) is 8.62. The van der Waals surface area contributed by atoms with Crippen molar-refractivity contribution in [1.82, 2.24) is 10.3 Å². The van der Waals surface area contributed by atoms with Crippen molar-refractivity contribution < 1.29 is 19.1 Å². The maximum absolute atomic E-state index is 12.2. The number of aromatic amines is 1. The topological polar surface area (TPSA) is 80.4 Å². The number of amides is 1. The first kappa shape index (κ1) is 18.5. The number of hydrogen-bond donors (Lipinski definition) is 2. The van der Waals surface area contributed by atoms with Crippen LogP contribution >= 0.6 is 0 Å². The van der Waals surface area contributed by atoms with E-state index in [1.165, 1.54) is 14.0 Å². The number of rotatable bonds is 6. The van der Waals surface area contributed by atoms with Gasteiger partial charge in [0.05, 0.1) is 14.2 Å². The predicted molar refractivity (Wildman–Crippen MR) is 104 cm³/mol. The first-order valence-corrected chi connectivity index (χ1v) is 8.62. The molecule has 140 valence electrons. The van der Waals surface area contributed by atoms with Gasteiger partial charge in [-0.25, -0.2) is 4.79 Å². The van der Waals surface area contributed by atoms with E-state index in [-0.39, 0.29) is 5.91 Å². The van der Waals surface area contributed by atoms with Gasteiger partial charge in [0, 0.05) is 29.9 Å². The van der Waals surface area contributed by atoms with Crippen molar-refractivity contribution in [3.05, 3.63) is 54.1 Å². The molecule has 0 unspecified atom stereocenters. The smallest absolute Gasteiger partial charge is 0.328 e. The molecule has 0 aliphatic heterocycles. The molecule has 1 aromatic heterocycles. The minimum Gasteiger partial charge on any atom is -0.497 e. The monoisotopic (exact) mass is 366 g/mol. The highest BCUT2D eigenvalue weighted by atomic mass is 16.5. The summed E-state index contributed by atoms with van der Waals surface area (Å²) >= 11 is 0. The Kier molecular flexibility index (Phi) is 5.45. The lowest BCUT2D eigenvalue weighted by molar-refractivity contribution is -0.144. The molecule has 1 amide bonds. The molecule has 3 aromatic rings. The van der Waals surface area contributed by atoms with Gasteiger partial charge in [-0.1, -0.05) is 18.2 Å². The van der Waals surface area contributed by atoms with Crippen molar-refractivity contribution >= 4 is 22.8 Å². The van der Waals surface area contributed by atoms with Crippen LogP contribution in [0.3, 0.4) is 0 Å². The van der Waals surface area contributed by atoms with Gasteiger partial charge in [0.25, 0.3) is 0 Å². The Morgan fingerprint density at radius 2 is 1.78 bits per heavy atom. The molecule has 27 heavy (non-hydrogen) atoms. The van der Waals surface area contributed by atoms with E-state index >= 15 is 0 Å². The van der Waals surface area contributed by atoms with Gasteiger partial charge >= 0.3 is 5.97 Å². The maximum Gasteiger partial charge on any atom is 0.328 e. The highest BCUT2D eigenvalue weighted by molar-refractivity contribution is 5.92. The molecule has 0 saturated heterocycles. The molecule has 0 aliphatic rings. The molecule has 1 atom stereocenters. The molecule has 3 rings (SSSR count). The van der Waals surface area contributed by atoms with Crippen molar-refractivity contribution in [2.45, 2.75) is 19.4 Å². The van der Waals surface area contributed by atoms with Gasteiger partial charge < -0.3 is 19.8 Å². The molecule has 2 aromatic carbocycles. The zero-order valence-corrected chi connectivity index (χ0v) is 15.5. The fraction of sp³-hybridized carbons (Fsp3) is 0.238. The number of esters is 1. The normalized spacial score (nSPS) is 11.8. The van der Waals surface area contributed by atoms with Crippen LogP contribution in [0.1, 0.15) is 12.5 Å². The average Bonchev–Trinajstić information content (AvgIpc) is 3.05. The fourth-order valence-corrected chi connectivity index (χ4v) is 3.20. The second-order valence-electron chi connectivity index (χ2n) is 6.23. The number of H-pyrrole nitrogens is 1. The van der Waals surface area contributed by atoms with Crippen LogP contribution in [-0.4, -0.2) is 37.1 Å². The lowest BCUT2D eigenvalue weighted by atomic mass is 9.98. The molecule has 0 saturated carbocycles. The molecule has 0 radical (unpaired) electrons. The predicted octanol–water partition coefficient (Wildman–Crippen LogP) is 3.06. The van der Waals surface area contributed by atoms with Gasteiger partial charge in [-0.05, 0) is 41.5 Å². The largest absolute Gasteiger partial charge is 0.497 e. The molecule has 0 spiro atoms. The summed E-state index contributed by atoms with van der Waals surface area (Å²) in [6.45, 7) is 1.38. The van der Waals surface area contributed by atoms with Gasteiger partial charge in [0.1, 0.15) is 11.8 Å². The number of methoxy groups -OCH3 is 2. The van der Waals surface area contributed by atoms with E-state index in [1.54, 1.807) is 7.11 Å². The van der Waals surface area contributed by atoms with Crippen LogP contribution < -0.4 is 10.1 Å². The number of carbonyl (C=O) groups excluding carboxylic acids is 2. The van der Waals surface area contributed by atoms with Crippen LogP contribution in [0.2, 0.25) is 0 Å². The minimum absolute atomic E-state index is 0.281. The zero-order valence-electron chi connectivity index (χ0n) is 15.5. The lowest BCUT2D eigenvalue weighted by Crippen LogP contribution is -2.42. The minimum atomic E-state index is -0.760. The van der Waals surface area contributed by atoms with E-state index in [0.717, 1.165) is 33.5 Å². The first-order chi connectivity index (χ1) is 13.0. The molecule has 6 nitrogen and oxygen atoms in total. The van der Waals surface area contributed by atoms with Gasteiger partial charge in [0.15, 0.2) is 0 Å². The van der Waals surface area contributed by atoms with E-state index < -0.39 is 12.0 Å². The van der Waals surface area contributed by atoms with Gasteiger partial charge in [-0.15, -0.1) is 0 Å². The van der Waals surface area contributed by atoms with Crippen LogP contribution in [0.4, 0.5) is 0 Å². The molecule has 0 aliphatic carbocycles. The molecular formula is C21H22N2O4. The van der Waals surface area contributed by atoms with E-state index in [4.69, 9.17) is 9.47 Å². The second-order valence-corrected chi connectivity index (χ2v) is 6.23. The number of aromatic nitrogens is 1. The van der Waals surface area contributed by atoms with Crippen LogP contribution in [0.15, 0.2) is 48.5 Å². The van der Waals surface area contributed by atoms with Gasteiger partial charge in [-0.3, -0.25) is 4.79 Å². The van der Waals surface area contributed by atoms with E-state index in [1.807, 2.05) is 48.5 Å². The summed E-state index contributed by atoms with van der Waals surface area (Å²) in [5, 5.41) is 3.69. The van der Waals surface area contributed by atoms with E-state index in [9.17, 15) is 9.59 Å². The second kappa shape index (κ2) is 7.95. The van der Waals surface area contributed by atoms with E-state index in [2.05, 4.69) is 10.3 Å². The summed E-state index contributed by atoms with van der Waals surface area (Å²) in [4.78, 5) is 27.2. The molecule has 0 fully saturated rings. The Hall–Kier alpha value is -3.28. The summed E-state index contributed by atoms with van der Waals surface area (Å²) in [7, 11) is 2.94. The Bertz CT molecular complexity index is 960. The van der Waals surface area contributed by atoms with Gasteiger partial charge in [0.2, 0.25) is 5.91 Å². The summed E-state index contributed by atoms with van der Waals surface area (Å²) < 4.78 is 10.1. The molecular weight excluding hydrogens is 344 g/mol. The Labute approximate surface area is 157 Å². The summed E-state index contributed by atoms with van der Waals surface area (Å²) in [6.07, 6.45) is 0.317. The molecule has 1 heterocycles. The van der Waals surface area contributed by atoms with Crippen LogP contribution in [0, 0.1) is 0 Å². The van der Waals surface area contributed by atoms with Crippen LogP contribution in [0.25, 0.3) is 22.2 Å². The van der Waals surface area contributed by atoms with Crippen molar-refractivity contribution in [2.75, 3.05) is 14.2 Å². The van der Waals surface area contributed by atoms with Crippen molar-refractivity contribution in [3.63, 3.8) is 0 Å². The van der Waals surface area contributed by atoms with Crippen molar-refractivity contribution in [2.24, 2.45) is 0 Å². The number of fused-ring (bicyclic) bond motifs is 1. The number of nitrogens with one attached hydrogen (secondary N) is 2. The Morgan fingerprint density at radius 1 is 1.07 bits per heavy atom. The molecule has 2 N–H and O–H groups in total. The Balaban J connectivity index is 2.08. The summed E-state index contributed by atoms with van der Waals surface area (Å²) in [5.74, 6) is 0.00879. The Morgan fingerprint density at radius 3 is 2.41 bits per heavy atom. The number of carbonyl (C=O) groups is 2. The molecule has 6 heteroatoms. The third kappa shape index (κ3) is 3.95. The maximum atomic E-state index is 12.2. The SMILES string of the molecule is COC(=O)[C@H](Cc1c(-c2ccc(OC)cc2)[nH]c2ccccc12)NC(C)=O. The standard InChI is InChI=1S/C21H22N2O4/c1-13(24)22-19(21(25)27-3)12-17-16-6-4-5-7-18(16)23-20(17)14-8-10-15(26-2)11-9-14/h4-11,19,23H,12H2,1-3H3,(H,22,24)/t19-/m0/s1. The summed E-state index contributed by atoms with van der Waals surface area (Å²) in [6, 6.07) is 14.8. The van der Waals surface area contributed by atoms with Crippen molar-refractivity contribution in [3.8, 4) is 17.0 Å². The quantitative estimate of drug-likeness (QED) is 0.657. The van der Waals surface area contributed by atoms with Crippen LogP contribution in [-0.2, 0) is 20.7 Å². The third-order valence-electron chi connectivity index (χ3n) is 4.46. The zero-order chi connectivity index (χ0) is 19.4. The van der Waals surface area contributed by atoms with Crippen LogP contribution in [0.5, 0.6) is 5.75 Å². The number of para-hydroxylation sites is 1. The van der Waals surface area contributed by atoms with E-state index in [0.29, 0.717) is 6.42 Å². The lowest BCUT2D eigenvalue weighted by Gasteiger charge is -2.16. The average molecular weight is 366 g/mol. The highest BCUT2D eigenvalue weighted by Gasteiger charge is 2.24. The number of hydrogen-bond acceptors (Lipinski definition) is 4. The molecule has 0 bridgehead atoms. The number of ether oxygens (including phenoxy) is 2. The summed E-state index contributed by atoms with van der Waals surface area (Å²) in [5.41, 5.74) is 3.77. The van der Waals surface area contributed by atoms with Gasteiger partial charge in [-0.2, -0.15) is 0 Å².